The van der Waals surface area contributed by atoms with E-state index in [4.69, 9.17) is 0 Å². The lowest BCUT2D eigenvalue weighted by molar-refractivity contribution is 0.485. The van der Waals surface area contributed by atoms with Gasteiger partial charge in [0.2, 0.25) is 0 Å². The van der Waals surface area contributed by atoms with E-state index in [9.17, 15) is 0 Å². The molecule has 2 unspecified atom stereocenters. The van der Waals surface area contributed by atoms with Gasteiger partial charge in [-0.25, -0.2) is 0 Å². The molecule has 0 bridgehead atoms. The van der Waals surface area contributed by atoms with Crippen LogP contribution in [0.4, 0.5) is 0 Å². The molecule has 0 fully saturated rings. The molecule has 0 N–H and O–H groups in total. The minimum Gasteiger partial charge on any atom is -0.308 e. The summed E-state index contributed by atoms with van der Waals surface area (Å²) in [7, 11) is 0. The third-order valence-corrected chi connectivity index (χ3v) is 12.4. The van der Waals surface area contributed by atoms with E-state index >= 15 is 0 Å². The Morgan fingerprint density at radius 1 is 0.878 bits per heavy atom. The number of nitrogens with zero attached hydrogens (tertiary/aromatic N) is 1. The van der Waals surface area contributed by atoms with Gasteiger partial charge in [-0.2, -0.15) is 0 Å². The van der Waals surface area contributed by atoms with Gasteiger partial charge in [-0.15, -0.1) is 6.58 Å². The molecule has 0 spiro atoms. The molecular formula is C48H51N. The molecule has 0 saturated carbocycles. The van der Waals surface area contributed by atoms with Crippen LogP contribution >= 0.6 is 0 Å². The van der Waals surface area contributed by atoms with Crippen molar-refractivity contribution in [3.05, 3.63) is 130 Å². The van der Waals surface area contributed by atoms with Crippen LogP contribution in [-0.4, -0.2) is 4.40 Å². The molecule has 8 rings (SSSR count). The lowest BCUT2D eigenvalue weighted by atomic mass is 9.77. The second kappa shape index (κ2) is 12.2. The van der Waals surface area contributed by atoms with Gasteiger partial charge in [-0.05, 0) is 157 Å². The predicted molar refractivity (Wildman–Crippen MR) is 214 cm³/mol. The molecule has 6 aromatic rings. The van der Waals surface area contributed by atoms with Crippen LogP contribution in [0.5, 0.6) is 0 Å². The van der Waals surface area contributed by atoms with Crippen LogP contribution in [0.2, 0.25) is 0 Å². The SMILES string of the molecule is C=CC/C(C)=C(/C)C(c1cc2c3cc(-c4cccc5c4CC4=C5CCC=C4)cc4c5cc(CC)c(CC)cc5n(c2cc1C)c34)C(C)CC. The van der Waals surface area contributed by atoms with Gasteiger partial charge in [0, 0.05) is 27.5 Å². The summed E-state index contributed by atoms with van der Waals surface area (Å²) in [6.07, 6.45) is 14.4. The molecule has 0 saturated heterocycles. The Labute approximate surface area is 293 Å². The second-order valence-corrected chi connectivity index (χ2v) is 15.1. The highest BCUT2D eigenvalue weighted by Gasteiger charge is 2.28. The molecule has 1 heteroatoms. The zero-order chi connectivity index (χ0) is 34.1. The van der Waals surface area contributed by atoms with Gasteiger partial charge in [0.25, 0.3) is 0 Å². The monoisotopic (exact) mass is 641 g/mol. The normalized spacial score (nSPS) is 16.2. The maximum Gasteiger partial charge on any atom is 0.0620 e. The lowest BCUT2D eigenvalue weighted by Gasteiger charge is -2.28. The van der Waals surface area contributed by atoms with E-state index in [2.05, 4.69) is 132 Å². The van der Waals surface area contributed by atoms with Crippen LogP contribution in [0.25, 0.3) is 54.8 Å². The molecule has 2 atom stereocenters. The molecule has 0 radical (unpaired) electrons. The number of hydrogen-bond acceptors (Lipinski definition) is 0. The van der Waals surface area contributed by atoms with Crippen molar-refractivity contribution in [3.63, 3.8) is 0 Å². The highest BCUT2D eigenvalue weighted by atomic mass is 14.9. The maximum atomic E-state index is 4.06. The first-order chi connectivity index (χ1) is 23.8. The molecule has 2 aliphatic carbocycles. The number of benzene rings is 4. The van der Waals surface area contributed by atoms with Gasteiger partial charge in [-0.1, -0.05) is 81.7 Å². The molecule has 248 valence electrons. The van der Waals surface area contributed by atoms with E-state index in [0.717, 1.165) is 44.9 Å². The molecule has 4 aromatic carbocycles. The maximum absolute atomic E-state index is 4.06. The Hall–Kier alpha value is -4.36. The zero-order valence-electron chi connectivity index (χ0n) is 30.7. The number of allylic oxidation sites excluding steroid dienone is 7. The summed E-state index contributed by atoms with van der Waals surface area (Å²) in [5, 5.41) is 5.55. The highest BCUT2D eigenvalue weighted by molar-refractivity contribution is 6.25. The number of hydrogen-bond donors (Lipinski definition) is 0. The van der Waals surface area contributed by atoms with E-state index in [1.54, 1.807) is 5.57 Å². The molecule has 2 heterocycles. The van der Waals surface area contributed by atoms with Gasteiger partial charge >= 0.3 is 0 Å². The summed E-state index contributed by atoms with van der Waals surface area (Å²) < 4.78 is 2.61. The molecule has 0 amide bonds. The van der Waals surface area contributed by atoms with Crippen molar-refractivity contribution in [1.29, 1.82) is 0 Å². The number of aromatic nitrogens is 1. The Bertz CT molecular complexity index is 2400. The van der Waals surface area contributed by atoms with Crippen molar-refractivity contribution in [1.82, 2.24) is 4.40 Å². The molecule has 2 aliphatic rings. The summed E-state index contributed by atoms with van der Waals surface area (Å²) in [6.45, 7) is 20.5. The van der Waals surface area contributed by atoms with Crippen molar-refractivity contribution in [2.24, 2.45) is 5.92 Å². The van der Waals surface area contributed by atoms with E-state index in [-0.39, 0.29) is 0 Å². The predicted octanol–water partition coefficient (Wildman–Crippen LogP) is 13.6. The number of aryl methyl sites for hydroxylation is 3. The molecule has 1 nitrogen and oxygen atoms in total. The van der Waals surface area contributed by atoms with Gasteiger partial charge in [0.05, 0.1) is 16.6 Å². The van der Waals surface area contributed by atoms with Gasteiger partial charge < -0.3 is 4.40 Å². The first-order valence-corrected chi connectivity index (χ1v) is 18.9. The highest BCUT2D eigenvalue weighted by Crippen LogP contribution is 2.48. The summed E-state index contributed by atoms with van der Waals surface area (Å²) >= 11 is 0. The molecule has 2 aromatic heterocycles. The fraction of sp³-hybridized carbons (Fsp3) is 0.333. The summed E-state index contributed by atoms with van der Waals surface area (Å²) in [5.74, 6) is 0.926. The fourth-order valence-corrected chi connectivity index (χ4v) is 9.55. The minimum atomic E-state index is 0.382. The second-order valence-electron chi connectivity index (χ2n) is 15.1. The van der Waals surface area contributed by atoms with E-state index in [1.165, 1.54) is 99.3 Å². The van der Waals surface area contributed by atoms with Crippen molar-refractivity contribution in [3.8, 4) is 11.1 Å². The summed E-state index contributed by atoms with van der Waals surface area (Å²) in [4.78, 5) is 0. The van der Waals surface area contributed by atoms with Crippen LogP contribution in [0, 0.1) is 12.8 Å². The van der Waals surface area contributed by atoms with Gasteiger partial charge in [0.15, 0.2) is 0 Å². The molecule has 0 aliphatic heterocycles. The van der Waals surface area contributed by atoms with Crippen molar-refractivity contribution in [2.45, 2.75) is 99.3 Å². The van der Waals surface area contributed by atoms with Crippen LogP contribution in [-0.2, 0) is 19.3 Å². The largest absolute Gasteiger partial charge is 0.308 e. The topological polar surface area (TPSA) is 4.41 Å². The van der Waals surface area contributed by atoms with Gasteiger partial charge in [0.1, 0.15) is 0 Å². The Balaban J connectivity index is 1.46. The van der Waals surface area contributed by atoms with Gasteiger partial charge in [-0.3, -0.25) is 0 Å². The Morgan fingerprint density at radius 3 is 2.29 bits per heavy atom. The van der Waals surface area contributed by atoms with Crippen molar-refractivity contribution in [2.75, 3.05) is 0 Å². The summed E-state index contributed by atoms with van der Waals surface area (Å²) in [6, 6.07) is 22.2. The van der Waals surface area contributed by atoms with Crippen LogP contribution < -0.4 is 0 Å². The number of fused-ring (bicyclic) bond motifs is 8. The number of rotatable bonds is 9. The standard InChI is InChI=1S/C48H51N/c1-9-16-29(6)31(8)47(28(5)10-2)39-27-42-44-25-35(37-19-15-20-38-36-18-14-13-17-34(36)23-40(37)38)24-43-41-22-32(11-3)33(12-4)26-46(41)49(48(43)44)45(42)21-30(39)7/h9,13,15,17,19-22,24-28,47H,1,10-12,14,16,18,23H2,2-8H3/b31-29-. The zero-order valence-corrected chi connectivity index (χ0v) is 30.7. The first kappa shape index (κ1) is 31.9. The Kier molecular flexibility index (Phi) is 7.94. The molecular weight excluding hydrogens is 591 g/mol. The smallest absolute Gasteiger partial charge is 0.0620 e. The third-order valence-electron chi connectivity index (χ3n) is 12.4. The third kappa shape index (κ3) is 4.79. The average Bonchev–Trinajstić information content (AvgIpc) is 3.76. The minimum absolute atomic E-state index is 0.382. The van der Waals surface area contributed by atoms with Crippen molar-refractivity contribution < 1.29 is 0 Å². The van der Waals surface area contributed by atoms with E-state index < -0.39 is 0 Å². The lowest BCUT2D eigenvalue weighted by Crippen LogP contribution is -2.13. The van der Waals surface area contributed by atoms with Crippen LogP contribution in [0.1, 0.15) is 107 Å². The Morgan fingerprint density at radius 2 is 1.57 bits per heavy atom. The van der Waals surface area contributed by atoms with E-state index in [1.807, 2.05) is 0 Å². The van der Waals surface area contributed by atoms with Crippen LogP contribution in [0.3, 0.4) is 0 Å². The fourth-order valence-electron chi connectivity index (χ4n) is 9.55. The van der Waals surface area contributed by atoms with Crippen molar-refractivity contribution >= 4 is 43.7 Å². The summed E-state index contributed by atoms with van der Waals surface area (Å²) in [5.41, 5.74) is 21.7. The average molecular weight is 642 g/mol. The van der Waals surface area contributed by atoms with Crippen LogP contribution in [0.15, 0.2) is 96.1 Å². The first-order valence-electron chi connectivity index (χ1n) is 18.9. The quantitative estimate of drug-likeness (QED) is 0.138. The van der Waals surface area contributed by atoms with E-state index in [0.29, 0.717) is 11.8 Å². The molecule has 49 heavy (non-hydrogen) atoms.